The average molecular weight is 624 g/mol. The first-order valence-electron chi connectivity index (χ1n) is 14.2. The summed E-state index contributed by atoms with van der Waals surface area (Å²) in [4.78, 5) is 18.7. The van der Waals surface area contributed by atoms with Crippen molar-refractivity contribution in [2.75, 3.05) is 36.4 Å². The molecule has 2 aliphatic rings. The molecule has 44 heavy (non-hydrogen) atoms. The van der Waals surface area contributed by atoms with Gasteiger partial charge in [-0.15, -0.1) is 0 Å². The molecule has 1 N–H and O–H groups in total. The highest BCUT2D eigenvalue weighted by molar-refractivity contribution is 5.55. The van der Waals surface area contributed by atoms with Gasteiger partial charge in [-0.1, -0.05) is 12.1 Å². The van der Waals surface area contributed by atoms with Crippen LogP contribution in [0, 0.1) is 10.1 Å². The molecule has 0 radical (unpaired) electrons. The third-order valence-corrected chi connectivity index (χ3v) is 7.97. The average Bonchev–Trinajstić information content (AvgIpc) is 2.98. The highest BCUT2D eigenvalue weighted by Crippen LogP contribution is 2.38. The van der Waals surface area contributed by atoms with Gasteiger partial charge in [0.1, 0.15) is 11.3 Å². The van der Waals surface area contributed by atoms with Crippen LogP contribution in [-0.4, -0.2) is 53.1 Å². The third kappa shape index (κ3) is 7.90. The van der Waals surface area contributed by atoms with E-state index in [-0.39, 0.29) is 17.8 Å². The summed E-state index contributed by atoms with van der Waals surface area (Å²) in [6.07, 6.45) is -3.23. The fourth-order valence-corrected chi connectivity index (χ4v) is 5.63. The molecular weight excluding hydrogens is 592 g/mol. The Bertz CT molecular complexity index is 1430. The predicted molar refractivity (Wildman–Crippen MR) is 152 cm³/mol. The van der Waals surface area contributed by atoms with Crippen LogP contribution < -0.4 is 15.0 Å². The topological polar surface area (TPSA) is 83.8 Å². The molecule has 0 atom stereocenters. The van der Waals surface area contributed by atoms with Crippen molar-refractivity contribution in [3.05, 3.63) is 87.7 Å². The van der Waals surface area contributed by atoms with Crippen LogP contribution >= 0.6 is 0 Å². The zero-order chi connectivity index (χ0) is 31.5. The van der Waals surface area contributed by atoms with Crippen LogP contribution in [0.15, 0.2) is 60.9 Å². The number of benzene rings is 2. The van der Waals surface area contributed by atoms with E-state index in [2.05, 4.69) is 20.1 Å². The van der Waals surface area contributed by atoms with Crippen molar-refractivity contribution >= 4 is 17.1 Å². The van der Waals surface area contributed by atoms with E-state index in [1.807, 2.05) is 6.07 Å². The molecule has 1 aromatic heterocycles. The number of rotatable bonds is 8. The quantitative estimate of drug-likeness (QED) is 0.162. The molecule has 1 aliphatic carbocycles. The number of nitrogens with zero attached hydrogens (tertiary/aromatic N) is 4. The van der Waals surface area contributed by atoms with Crippen LogP contribution in [0.3, 0.4) is 0 Å². The normalized spacial score (nSPS) is 19.9. The molecule has 236 valence electrons. The van der Waals surface area contributed by atoms with Gasteiger partial charge in [0.05, 0.1) is 34.7 Å². The zero-order valence-electron chi connectivity index (χ0n) is 23.6. The van der Waals surface area contributed by atoms with Gasteiger partial charge in [-0.3, -0.25) is 20.0 Å². The van der Waals surface area contributed by atoms with Crippen LogP contribution in [0.1, 0.15) is 42.4 Å². The fraction of sp³-hybridized carbons (Fsp3) is 0.433. The van der Waals surface area contributed by atoms with Crippen LogP contribution in [-0.2, 0) is 18.9 Å². The molecular formula is C30H31F6N5O3. The van der Waals surface area contributed by atoms with Crippen molar-refractivity contribution in [1.29, 1.82) is 0 Å². The number of nitro groups is 1. The maximum atomic E-state index is 13.3. The Morgan fingerprint density at radius 3 is 2.18 bits per heavy atom. The summed E-state index contributed by atoms with van der Waals surface area (Å²) < 4.78 is 84.6. The number of anilines is 2. The standard InChI is InChI=1S/C30H31F6N5O3/c31-29(32,33)21-3-1-20(2-4-21)19-39-11-13-40(14-12-39)24-16-26(18-37-17-24)44-25-8-5-22(6-9-25)38-23-7-10-28(41(42)43)27(15-23)30(34,35)36/h1-4,7,10,15-18,22,25,38H,5-6,8-9,11-14,19H2/t22-,25-. The highest BCUT2D eigenvalue weighted by atomic mass is 19.4. The summed E-state index contributed by atoms with van der Waals surface area (Å²) in [7, 11) is 0. The van der Waals surface area contributed by atoms with Gasteiger partial charge in [-0.25, -0.2) is 0 Å². The van der Waals surface area contributed by atoms with E-state index in [1.165, 1.54) is 18.2 Å². The Balaban J connectivity index is 1.09. The predicted octanol–water partition coefficient (Wildman–Crippen LogP) is 7.15. The number of nitrogens with one attached hydrogen (secondary N) is 1. The molecule has 0 bridgehead atoms. The van der Waals surface area contributed by atoms with E-state index in [0.717, 1.165) is 61.7 Å². The van der Waals surface area contributed by atoms with Crippen molar-refractivity contribution in [3.8, 4) is 5.75 Å². The number of pyridine rings is 1. The zero-order valence-corrected chi connectivity index (χ0v) is 23.6. The Labute approximate surface area is 249 Å². The SMILES string of the molecule is O=[N+]([O-])c1ccc(N[C@H]2CC[C@H](Oc3cncc(N4CCN(Cc5ccc(C(F)(F)F)cc5)CC4)c3)CC2)cc1C(F)(F)F. The van der Waals surface area contributed by atoms with Gasteiger partial charge >= 0.3 is 12.4 Å². The molecule has 5 rings (SSSR count). The molecule has 3 aromatic rings. The number of hydrogen-bond acceptors (Lipinski definition) is 7. The lowest BCUT2D eigenvalue weighted by Crippen LogP contribution is -2.46. The summed E-state index contributed by atoms with van der Waals surface area (Å²) in [5, 5.41) is 14.1. The molecule has 0 spiro atoms. The lowest BCUT2D eigenvalue weighted by Gasteiger charge is -2.36. The minimum absolute atomic E-state index is 0.0896. The summed E-state index contributed by atoms with van der Waals surface area (Å²) in [6, 6.07) is 10.0. The Hall–Kier alpha value is -4.07. The molecule has 1 saturated carbocycles. The molecule has 1 aliphatic heterocycles. The summed E-state index contributed by atoms with van der Waals surface area (Å²) in [6.45, 7) is 3.49. The Morgan fingerprint density at radius 1 is 0.886 bits per heavy atom. The number of nitro benzene ring substituents is 1. The summed E-state index contributed by atoms with van der Waals surface area (Å²) in [5.41, 5.74) is -0.995. The summed E-state index contributed by atoms with van der Waals surface area (Å²) in [5.74, 6) is 0.622. The first kappa shape index (κ1) is 31.4. The lowest BCUT2D eigenvalue weighted by atomic mass is 9.92. The molecule has 2 heterocycles. The van der Waals surface area contributed by atoms with E-state index in [4.69, 9.17) is 4.74 Å². The first-order chi connectivity index (χ1) is 20.8. The third-order valence-electron chi connectivity index (χ3n) is 7.97. The molecule has 1 saturated heterocycles. The molecule has 0 unspecified atom stereocenters. The first-order valence-corrected chi connectivity index (χ1v) is 14.2. The fourth-order valence-electron chi connectivity index (χ4n) is 5.63. The van der Waals surface area contributed by atoms with Crippen molar-refractivity contribution in [1.82, 2.24) is 9.88 Å². The van der Waals surface area contributed by atoms with Gasteiger partial charge in [-0.2, -0.15) is 26.3 Å². The van der Waals surface area contributed by atoms with Gasteiger partial charge in [-0.05, 0) is 55.5 Å². The van der Waals surface area contributed by atoms with Gasteiger partial charge < -0.3 is 15.0 Å². The second-order valence-electron chi connectivity index (χ2n) is 11.1. The number of hydrogen-bond donors (Lipinski definition) is 1. The molecule has 14 heteroatoms. The number of aromatic nitrogens is 1. The minimum atomic E-state index is -4.84. The number of halogens is 6. The maximum Gasteiger partial charge on any atom is 0.423 e. The van der Waals surface area contributed by atoms with Gasteiger partial charge in [0.2, 0.25) is 0 Å². The van der Waals surface area contributed by atoms with E-state index < -0.39 is 34.1 Å². The second-order valence-corrected chi connectivity index (χ2v) is 11.1. The monoisotopic (exact) mass is 623 g/mol. The molecule has 8 nitrogen and oxygen atoms in total. The maximum absolute atomic E-state index is 13.3. The van der Waals surface area contributed by atoms with Gasteiger partial charge in [0, 0.05) is 56.6 Å². The highest BCUT2D eigenvalue weighted by Gasteiger charge is 2.38. The number of ether oxygens (including phenoxy) is 1. The van der Waals surface area contributed by atoms with E-state index in [9.17, 15) is 36.5 Å². The Morgan fingerprint density at radius 2 is 1.57 bits per heavy atom. The lowest BCUT2D eigenvalue weighted by molar-refractivity contribution is -0.388. The van der Waals surface area contributed by atoms with Crippen molar-refractivity contribution < 1.29 is 36.0 Å². The smallest absolute Gasteiger partial charge is 0.423 e. The van der Waals surface area contributed by atoms with Crippen LogP contribution in [0.4, 0.5) is 43.4 Å². The van der Waals surface area contributed by atoms with E-state index in [1.54, 1.807) is 12.4 Å². The van der Waals surface area contributed by atoms with Crippen molar-refractivity contribution in [2.24, 2.45) is 0 Å². The van der Waals surface area contributed by atoms with Crippen LogP contribution in [0.2, 0.25) is 0 Å². The van der Waals surface area contributed by atoms with Crippen molar-refractivity contribution in [2.45, 2.75) is 56.7 Å². The second kappa shape index (κ2) is 12.9. The van der Waals surface area contributed by atoms with E-state index >= 15 is 0 Å². The summed E-state index contributed by atoms with van der Waals surface area (Å²) >= 11 is 0. The van der Waals surface area contributed by atoms with E-state index in [0.29, 0.717) is 38.0 Å². The van der Waals surface area contributed by atoms with Gasteiger partial charge in [0.15, 0.2) is 0 Å². The Kier molecular flexibility index (Phi) is 9.18. The molecule has 0 amide bonds. The largest absolute Gasteiger partial charge is 0.489 e. The van der Waals surface area contributed by atoms with Gasteiger partial charge in [0.25, 0.3) is 5.69 Å². The molecule has 2 fully saturated rings. The minimum Gasteiger partial charge on any atom is -0.489 e. The van der Waals surface area contributed by atoms with Crippen molar-refractivity contribution in [3.63, 3.8) is 0 Å². The van der Waals surface area contributed by atoms with Crippen LogP contribution in [0.5, 0.6) is 5.75 Å². The van der Waals surface area contributed by atoms with Crippen LogP contribution in [0.25, 0.3) is 0 Å². The number of piperazine rings is 1. The number of alkyl halides is 6. The molecule has 2 aromatic carbocycles.